The Morgan fingerprint density at radius 3 is 2.76 bits per heavy atom. The van der Waals surface area contributed by atoms with Gasteiger partial charge < -0.3 is 10.2 Å². The van der Waals surface area contributed by atoms with E-state index < -0.39 is 0 Å². The van der Waals surface area contributed by atoms with E-state index in [1.165, 1.54) is 5.56 Å². The van der Waals surface area contributed by atoms with Crippen LogP contribution in [0.4, 0.5) is 0 Å². The molecule has 1 aromatic heterocycles. The van der Waals surface area contributed by atoms with Crippen LogP contribution in [0.15, 0.2) is 35.7 Å². The molecule has 2 heterocycles. The number of carbonyl (C=O) groups excluding carboxylic acids is 1. The lowest BCUT2D eigenvalue weighted by Crippen LogP contribution is -2.33. The van der Waals surface area contributed by atoms with Gasteiger partial charge in [0.25, 0.3) is 5.91 Å². The van der Waals surface area contributed by atoms with Gasteiger partial charge >= 0.3 is 0 Å². The van der Waals surface area contributed by atoms with Crippen molar-refractivity contribution in [2.75, 3.05) is 26.2 Å². The average molecular weight is 300 g/mol. The smallest absolute Gasteiger partial charge is 0.264 e. The third-order valence-electron chi connectivity index (χ3n) is 3.85. The first kappa shape index (κ1) is 14.3. The summed E-state index contributed by atoms with van der Waals surface area (Å²) in [6.07, 6.45) is 1.02. The highest BCUT2D eigenvalue weighted by Crippen LogP contribution is 2.29. The normalized spacial score (nSPS) is 15.8. The fourth-order valence-electron chi connectivity index (χ4n) is 2.63. The molecule has 0 radical (unpaired) electrons. The highest BCUT2D eigenvalue weighted by molar-refractivity contribution is 7.12. The molecule has 3 nitrogen and oxygen atoms in total. The van der Waals surface area contributed by atoms with Gasteiger partial charge in [-0.2, -0.15) is 0 Å². The van der Waals surface area contributed by atoms with Gasteiger partial charge in [-0.25, -0.2) is 0 Å². The molecule has 4 heteroatoms. The number of aryl methyl sites for hydroxylation is 1. The Bertz CT molecular complexity index is 610. The van der Waals surface area contributed by atoms with Gasteiger partial charge in [-0.1, -0.05) is 29.8 Å². The largest absolute Gasteiger partial charge is 0.337 e. The lowest BCUT2D eigenvalue weighted by atomic mass is 10.0. The number of benzene rings is 1. The maximum atomic E-state index is 12.8. The zero-order valence-electron chi connectivity index (χ0n) is 12.3. The number of nitrogens with one attached hydrogen (secondary N) is 1. The van der Waals surface area contributed by atoms with Gasteiger partial charge in [0.15, 0.2) is 0 Å². The van der Waals surface area contributed by atoms with E-state index in [-0.39, 0.29) is 5.91 Å². The predicted octanol–water partition coefficient (Wildman–Crippen LogP) is 3.16. The summed E-state index contributed by atoms with van der Waals surface area (Å²) in [5.74, 6) is 0.171. The highest BCUT2D eigenvalue weighted by atomic mass is 32.1. The van der Waals surface area contributed by atoms with E-state index in [9.17, 15) is 4.79 Å². The minimum absolute atomic E-state index is 0.171. The van der Waals surface area contributed by atoms with Crippen LogP contribution in [0.25, 0.3) is 11.1 Å². The van der Waals surface area contributed by atoms with Gasteiger partial charge in [0, 0.05) is 25.2 Å². The van der Waals surface area contributed by atoms with Crippen molar-refractivity contribution < 1.29 is 4.79 Å². The zero-order chi connectivity index (χ0) is 14.7. The van der Waals surface area contributed by atoms with Crippen molar-refractivity contribution in [3.63, 3.8) is 0 Å². The Hall–Kier alpha value is -1.65. The van der Waals surface area contributed by atoms with E-state index in [1.807, 2.05) is 10.3 Å². The molecule has 1 fully saturated rings. The van der Waals surface area contributed by atoms with Crippen LogP contribution in [0.2, 0.25) is 0 Å². The molecular weight excluding hydrogens is 280 g/mol. The Labute approximate surface area is 129 Å². The summed E-state index contributed by atoms with van der Waals surface area (Å²) in [4.78, 5) is 15.6. The van der Waals surface area contributed by atoms with Crippen LogP contribution in [0.3, 0.4) is 0 Å². The lowest BCUT2D eigenvalue weighted by Gasteiger charge is -2.20. The topological polar surface area (TPSA) is 32.3 Å². The Kier molecular flexibility index (Phi) is 4.36. The van der Waals surface area contributed by atoms with Gasteiger partial charge in [-0.15, -0.1) is 11.3 Å². The number of carbonyl (C=O) groups is 1. The summed E-state index contributed by atoms with van der Waals surface area (Å²) in [5.41, 5.74) is 3.42. The lowest BCUT2D eigenvalue weighted by molar-refractivity contribution is 0.0772. The predicted molar refractivity (Wildman–Crippen MR) is 87.9 cm³/mol. The second kappa shape index (κ2) is 6.41. The second-order valence-corrected chi connectivity index (χ2v) is 6.34. The quantitative estimate of drug-likeness (QED) is 0.924. The first-order chi connectivity index (χ1) is 10.3. The maximum Gasteiger partial charge on any atom is 0.264 e. The van der Waals surface area contributed by atoms with E-state index in [0.29, 0.717) is 0 Å². The average Bonchev–Trinajstić information content (AvgIpc) is 2.82. The highest BCUT2D eigenvalue weighted by Gasteiger charge is 2.21. The summed E-state index contributed by atoms with van der Waals surface area (Å²) in [6.45, 7) is 5.60. The number of amides is 1. The van der Waals surface area contributed by atoms with Gasteiger partial charge in [0.1, 0.15) is 0 Å². The number of hydrogen-bond acceptors (Lipinski definition) is 3. The summed E-state index contributed by atoms with van der Waals surface area (Å²) >= 11 is 1.55. The van der Waals surface area contributed by atoms with Crippen molar-refractivity contribution in [2.45, 2.75) is 13.3 Å². The molecule has 0 saturated carbocycles. The minimum Gasteiger partial charge on any atom is -0.337 e. The Morgan fingerprint density at radius 2 is 1.95 bits per heavy atom. The Morgan fingerprint density at radius 1 is 1.14 bits per heavy atom. The molecule has 0 unspecified atom stereocenters. The van der Waals surface area contributed by atoms with Crippen molar-refractivity contribution in [1.82, 2.24) is 10.2 Å². The SMILES string of the molecule is Cc1ccc(-c2ccsc2C(=O)N2CCCNCC2)cc1. The van der Waals surface area contributed by atoms with Crippen LogP contribution >= 0.6 is 11.3 Å². The first-order valence-corrected chi connectivity index (χ1v) is 8.28. The van der Waals surface area contributed by atoms with Crippen LogP contribution in [0.5, 0.6) is 0 Å². The van der Waals surface area contributed by atoms with Crippen LogP contribution in [-0.4, -0.2) is 37.0 Å². The standard InChI is InChI=1S/C17H20N2OS/c1-13-3-5-14(6-4-13)15-7-12-21-16(15)17(20)19-10-2-8-18-9-11-19/h3-7,12,18H,2,8-11H2,1H3. The third kappa shape index (κ3) is 3.17. The molecule has 110 valence electrons. The molecule has 0 spiro atoms. The molecule has 3 rings (SSSR count). The Balaban J connectivity index is 1.87. The van der Waals surface area contributed by atoms with Gasteiger partial charge in [-0.3, -0.25) is 4.79 Å². The molecule has 0 atom stereocenters. The van der Waals surface area contributed by atoms with E-state index in [1.54, 1.807) is 11.3 Å². The van der Waals surface area contributed by atoms with Crippen molar-refractivity contribution in [2.24, 2.45) is 0 Å². The number of nitrogens with zero attached hydrogens (tertiary/aromatic N) is 1. The summed E-state index contributed by atoms with van der Waals surface area (Å²) < 4.78 is 0. The molecule has 1 aromatic carbocycles. The van der Waals surface area contributed by atoms with Crippen molar-refractivity contribution in [3.05, 3.63) is 46.2 Å². The maximum absolute atomic E-state index is 12.8. The zero-order valence-corrected chi connectivity index (χ0v) is 13.1. The number of hydrogen-bond donors (Lipinski definition) is 1. The molecule has 1 amide bonds. The molecule has 2 aromatic rings. The fourth-order valence-corrected chi connectivity index (χ4v) is 3.51. The molecule has 1 N–H and O–H groups in total. The molecule has 1 aliphatic rings. The van der Waals surface area contributed by atoms with Crippen molar-refractivity contribution in [1.29, 1.82) is 0 Å². The summed E-state index contributed by atoms with van der Waals surface area (Å²) in [7, 11) is 0. The van der Waals surface area contributed by atoms with Crippen molar-refractivity contribution in [3.8, 4) is 11.1 Å². The van der Waals surface area contributed by atoms with E-state index in [0.717, 1.165) is 48.6 Å². The van der Waals surface area contributed by atoms with Crippen LogP contribution in [0, 0.1) is 6.92 Å². The molecule has 21 heavy (non-hydrogen) atoms. The second-order valence-electron chi connectivity index (χ2n) is 5.43. The minimum atomic E-state index is 0.171. The van der Waals surface area contributed by atoms with Crippen LogP contribution in [0.1, 0.15) is 21.7 Å². The van der Waals surface area contributed by atoms with E-state index in [2.05, 4.69) is 42.6 Å². The van der Waals surface area contributed by atoms with Crippen LogP contribution in [-0.2, 0) is 0 Å². The molecule has 1 saturated heterocycles. The van der Waals surface area contributed by atoms with E-state index in [4.69, 9.17) is 0 Å². The van der Waals surface area contributed by atoms with Gasteiger partial charge in [0.05, 0.1) is 4.88 Å². The summed E-state index contributed by atoms with van der Waals surface area (Å²) in [5, 5.41) is 5.35. The van der Waals surface area contributed by atoms with Crippen molar-refractivity contribution >= 4 is 17.2 Å². The van der Waals surface area contributed by atoms with E-state index >= 15 is 0 Å². The molecule has 0 bridgehead atoms. The van der Waals surface area contributed by atoms with Gasteiger partial charge in [-0.05, 0) is 36.9 Å². The summed E-state index contributed by atoms with van der Waals surface area (Å²) in [6, 6.07) is 10.4. The monoisotopic (exact) mass is 300 g/mol. The molecular formula is C17H20N2OS. The molecule has 0 aliphatic carbocycles. The first-order valence-electron chi connectivity index (χ1n) is 7.40. The van der Waals surface area contributed by atoms with Crippen LogP contribution < -0.4 is 5.32 Å². The van der Waals surface area contributed by atoms with Gasteiger partial charge in [0.2, 0.25) is 0 Å². The third-order valence-corrected chi connectivity index (χ3v) is 4.75. The number of thiophene rings is 1. The fraction of sp³-hybridized carbons (Fsp3) is 0.353. The molecule has 1 aliphatic heterocycles. The number of rotatable bonds is 2.